The maximum Gasteiger partial charge on any atom is 0.259 e. The smallest absolute Gasteiger partial charge is 0.259 e. The average Bonchev–Trinajstić information content (AvgIpc) is 2.70. The van der Waals surface area contributed by atoms with Crippen LogP contribution in [-0.4, -0.2) is 10.5 Å². The summed E-state index contributed by atoms with van der Waals surface area (Å²) in [6.07, 6.45) is 1.51. The Balaban J connectivity index is 2.58. The first kappa shape index (κ1) is 14.9. The summed E-state index contributed by atoms with van der Waals surface area (Å²) in [6.45, 7) is 3.86. The van der Waals surface area contributed by atoms with Gasteiger partial charge in [-0.2, -0.15) is 5.26 Å². The van der Waals surface area contributed by atoms with Gasteiger partial charge in [0.1, 0.15) is 11.6 Å². The zero-order chi connectivity index (χ0) is 15.6. The van der Waals surface area contributed by atoms with E-state index in [2.05, 4.69) is 0 Å². The Morgan fingerprint density at radius 2 is 2.10 bits per heavy atom. The Bertz CT molecular complexity index is 781. The molecule has 2 rings (SSSR count). The second-order valence-corrected chi connectivity index (χ2v) is 5.11. The zero-order valence-electron chi connectivity index (χ0n) is 11.7. The molecule has 0 bridgehead atoms. The summed E-state index contributed by atoms with van der Waals surface area (Å²) in [5.41, 5.74) is 8.69. The van der Waals surface area contributed by atoms with E-state index in [1.54, 1.807) is 6.07 Å². The molecule has 0 aliphatic heterocycles. The monoisotopic (exact) mass is 299 g/mol. The van der Waals surface area contributed by atoms with Crippen molar-refractivity contribution in [2.45, 2.75) is 13.8 Å². The molecule has 2 aromatic rings. The molecule has 2 N–H and O–H groups in total. The third-order valence-electron chi connectivity index (χ3n) is 3.22. The van der Waals surface area contributed by atoms with Crippen LogP contribution in [0, 0.1) is 25.2 Å². The molecule has 0 aliphatic rings. The fourth-order valence-electron chi connectivity index (χ4n) is 2.26. The molecule has 0 radical (unpaired) electrons. The SMILES string of the molecule is Cc1cc(/C=C(\C#N)C(N)=O)c(C)n1-c1cccc(Cl)c1. The maximum absolute atomic E-state index is 11.2. The number of aromatic nitrogens is 1. The predicted octanol–water partition coefficient (Wildman–Crippen LogP) is 3.14. The number of primary amides is 1. The lowest BCUT2D eigenvalue weighted by atomic mass is 10.1. The highest BCUT2D eigenvalue weighted by Crippen LogP contribution is 2.24. The molecule has 1 amide bonds. The van der Waals surface area contributed by atoms with Crippen molar-refractivity contribution < 1.29 is 4.79 Å². The summed E-state index contributed by atoms with van der Waals surface area (Å²) in [7, 11) is 0. The van der Waals surface area contributed by atoms with E-state index in [9.17, 15) is 4.79 Å². The largest absolute Gasteiger partial charge is 0.365 e. The maximum atomic E-state index is 11.2. The average molecular weight is 300 g/mol. The molecule has 0 aliphatic carbocycles. The molecule has 4 nitrogen and oxygen atoms in total. The number of nitrogens with zero attached hydrogens (tertiary/aromatic N) is 2. The number of amides is 1. The van der Waals surface area contributed by atoms with E-state index in [1.165, 1.54) is 6.08 Å². The highest BCUT2D eigenvalue weighted by atomic mass is 35.5. The summed E-state index contributed by atoms with van der Waals surface area (Å²) in [5.74, 6) is -0.731. The number of carbonyl (C=O) groups is 1. The lowest BCUT2D eigenvalue weighted by molar-refractivity contribution is -0.114. The number of halogens is 1. The van der Waals surface area contributed by atoms with Crippen molar-refractivity contribution in [3.63, 3.8) is 0 Å². The number of nitrogens with two attached hydrogens (primary N) is 1. The molecular formula is C16H14ClN3O. The summed E-state index contributed by atoms with van der Waals surface area (Å²) in [5, 5.41) is 9.58. The van der Waals surface area contributed by atoms with Gasteiger partial charge in [0.05, 0.1) is 0 Å². The molecule has 0 fully saturated rings. The molecule has 5 heteroatoms. The third-order valence-corrected chi connectivity index (χ3v) is 3.46. The quantitative estimate of drug-likeness (QED) is 0.698. The van der Waals surface area contributed by atoms with Crippen LogP contribution in [0.1, 0.15) is 17.0 Å². The van der Waals surface area contributed by atoms with E-state index in [1.807, 2.05) is 48.7 Å². The molecule has 1 heterocycles. The topological polar surface area (TPSA) is 71.8 Å². The van der Waals surface area contributed by atoms with Gasteiger partial charge in [-0.1, -0.05) is 17.7 Å². The minimum atomic E-state index is -0.731. The van der Waals surface area contributed by atoms with Gasteiger partial charge in [-0.3, -0.25) is 4.79 Å². The van der Waals surface area contributed by atoms with Crippen molar-refractivity contribution in [2.75, 3.05) is 0 Å². The van der Waals surface area contributed by atoms with E-state index >= 15 is 0 Å². The van der Waals surface area contributed by atoms with Crippen molar-refractivity contribution in [1.82, 2.24) is 4.57 Å². The van der Waals surface area contributed by atoms with Crippen molar-refractivity contribution in [1.29, 1.82) is 5.26 Å². The number of aryl methyl sites for hydroxylation is 1. The second-order valence-electron chi connectivity index (χ2n) is 4.68. The van der Waals surface area contributed by atoms with Crippen molar-refractivity contribution in [3.8, 4) is 11.8 Å². The second kappa shape index (κ2) is 5.86. The molecule has 0 unspecified atom stereocenters. The van der Waals surface area contributed by atoms with Crippen LogP contribution in [0.5, 0.6) is 0 Å². The fraction of sp³-hybridized carbons (Fsp3) is 0.125. The first-order chi connectivity index (χ1) is 9.93. The molecular weight excluding hydrogens is 286 g/mol. The van der Waals surface area contributed by atoms with Crippen LogP contribution in [-0.2, 0) is 4.79 Å². The number of hydrogen-bond acceptors (Lipinski definition) is 2. The van der Waals surface area contributed by atoms with Crippen LogP contribution in [0.25, 0.3) is 11.8 Å². The number of nitriles is 1. The lowest BCUT2D eigenvalue weighted by Gasteiger charge is -2.09. The van der Waals surface area contributed by atoms with E-state index < -0.39 is 5.91 Å². The molecule has 0 saturated heterocycles. The van der Waals surface area contributed by atoms with Crippen LogP contribution in [0.2, 0.25) is 5.02 Å². The molecule has 1 aromatic carbocycles. The fourth-order valence-corrected chi connectivity index (χ4v) is 2.44. The summed E-state index contributed by atoms with van der Waals surface area (Å²) >= 11 is 6.03. The highest BCUT2D eigenvalue weighted by Gasteiger charge is 2.12. The Kier molecular flexibility index (Phi) is 4.15. The van der Waals surface area contributed by atoms with Gasteiger partial charge in [0, 0.05) is 22.1 Å². The van der Waals surface area contributed by atoms with Gasteiger partial charge in [-0.15, -0.1) is 0 Å². The molecule has 1 aromatic heterocycles. The predicted molar refractivity (Wildman–Crippen MR) is 83.0 cm³/mol. The minimum Gasteiger partial charge on any atom is -0.365 e. The highest BCUT2D eigenvalue weighted by molar-refractivity contribution is 6.30. The van der Waals surface area contributed by atoms with Crippen molar-refractivity contribution >= 4 is 23.6 Å². The first-order valence-electron chi connectivity index (χ1n) is 6.30. The molecule has 0 spiro atoms. The van der Waals surface area contributed by atoms with Gasteiger partial charge in [0.15, 0.2) is 0 Å². The summed E-state index contributed by atoms with van der Waals surface area (Å²) in [6, 6.07) is 11.2. The van der Waals surface area contributed by atoms with Crippen molar-refractivity contribution in [2.24, 2.45) is 5.73 Å². The van der Waals surface area contributed by atoms with Gasteiger partial charge in [-0.05, 0) is 49.8 Å². The molecule has 106 valence electrons. The van der Waals surface area contributed by atoms with E-state index in [4.69, 9.17) is 22.6 Å². The lowest BCUT2D eigenvalue weighted by Crippen LogP contribution is -2.12. The van der Waals surface area contributed by atoms with Gasteiger partial charge in [-0.25, -0.2) is 0 Å². The molecule has 21 heavy (non-hydrogen) atoms. The Labute approximate surface area is 128 Å². The summed E-state index contributed by atoms with van der Waals surface area (Å²) < 4.78 is 2.01. The van der Waals surface area contributed by atoms with Crippen molar-refractivity contribution in [3.05, 3.63) is 57.9 Å². The van der Waals surface area contributed by atoms with Gasteiger partial charge >= 0.3 is 0 Å². The van der Waals surface area contributed by atoms with Crippen LogP contribution >= 0.6 is 11.6 Å². The van der Waals surface area contributed by atoms with Crippen LogP contribution < -0.4 is 5.73 Å². The Morgan fingerprint density at radius 3 is 2.67 bits per heavy atom. The molecule has 0 atom stereocenters. The van der Waals surface area contributed by atoms with Gasteiger partial charge in [0.25, 0.3) is 5.91 Å². The number of carbonyl (C=O) groups excluding carboxylic acids is 1. The van der Waals surface area contributed by atoms with Crippen LogP contribution in [0.15, 0.2) is 35.9 Å². The zero-order valence-corrected chi connectivity index (χ0v) is 12.5. The third kappa shape index (κ3) is 2.99. The Morgan fingerprint density at radius 1 is 1.38 bits per heavy atom. The molecule has 0 saturated carbocycles. The van der Waals surface area contributed by atoms with E-state index in [-0.39, 0.29) is 5.57 Å². The van der Waals surface area contributed by atoms with E-state index in [0.29, 0.717) is 5.02 Å². The van der Waals surface area contributed by atoms with E-state index in [0.717, 1.165) is 22.6 Å². The number of benzene rings is 1. The van der Waals surface area contributed by atoms with Gasteiger partial charge in [0.2, 0.25) is 0 Å². The standard InChI is InChI=1S/C16H14ClN3O/c1-10-6-12(7-13(9-18)16(19)21)11(2)20(10)15-5-3-4-14(17)8-15/h3-8H,1-2H3,(H2,19,21)/b13-7+. The van der Waals surface area contributed by atoms with Gasteiger partial charge < -0.3 is 10.3 Å². The number of rotatable bonds is 3. The Hall–Kier alpha value is -2.51. The summed E-state index contributed by atoms with van der Waals surface area (Å²) in [4.78, 5) is 11.2. The van der Waals surface area contributed by atoms with Crippen LogP contribution in [0.4, 0.5) is 0 Å². The normalized spacial score (nSPS) is 11.2. The number of hydrogen-bond donors (Lipinski definition) is 1. The first-order valence-corrected chi connectivity index (χ1v) is 6.68. The minimum absolute atomic E-state index is 0.0682. The van der Waals surface area contributed by atoms with Crippen LogP contribution in [0.3, 0.4) is 0 Å².